The molecule has 2 aromatic carbocycles. The highest BCUT2D eigenvalue weighted by atomic mass is 16.4. The fraction of sp³-hybridized carbons (Fsp3) is 0.312. The van der Waals surface area contributed by atoms with Gasteiger partial charge >= 0.3 is 5.97 Å². The van der Waals surface area contributed by atoms with Crippen molar-refractivity contribution < 1.29 is 9.90 Å². The van der Waals surface area contributed by atoms with Gasteiger partial charge in [0.1, 0.15) is 5.54 Å². The predicted octanol–water partition coefficient (Wildman–Crippen LogP) is 2.89. The van der Waals surface area contributed by atoms with Crippen LogP contribution in [0.5, 0.6) is 0 Å². The van der Waals surface area contributed by atoms with Gasteiger partial charge < -0.3 is 5.11 Å². The fourth-order valence-corrected chi connectivity index (χ4v) is 2.40. The lowest BCUT2D eigenvalue weighted by molar-refractivity contribution is -0.144. The third-order valence-corrected chi connectivity index (χ3v) is 3.82. The third kappa shape index (κ3) is 2.22. The van der Waals surface area contributed by atoms with Crippen LogP contribution in [-0.4, -0.2) is 17.1 Å². The van der Waals surface area contributed by atoms with Crippen molar-refractivity contribution in [2.24, 2.45) is 0 Å². The summed E-state index contributed by atoms with van der Waals surface area (Å²) in [6, 6.07) is 14.2. The Labute approximate surface area is 112 Å². The van der Waals surface area contributed by atoms with Crippen LogP contribution in [0.3, 0.4) is 0 Å². The molecule has 1 aliphatic carbocycles. The highest BCUT2D eigenvalue weighted by Gasteiger charge is 2.40. The number of benzene rings is 2. The van der Waals surface area contributed by atoms with Gasteiger partial charge in [-0.05, 0) is 42.2 Å². The first-order valence-electron chi connectivity index (χ1n) is 6.60. The molecule has 3 nitrogen and oxygen atoms in total. The molecular formula is C16H17NO2. The van der Waals surface area contributed by atoms with Crippen molar-refractivity contribution >= 4 is 16.7 Å². The quantitative estimate of drug-likeness (QED) is 0.883. The van der Waals surface area contributed by atoms with Gasteiger partial charge in [0.15, 0.2) is 0 Å². The Morgan fingerprint density at radius 1 is 1.21 bits per heavy atom. The number of aliphatic carboxylic acids is 1. The van der Waals surface area contributed by atoms with Gasteiger partial charge in [-0.2, -0.15) is 0 Å². The molecule has 3 heteroatoms. The van der Waals surface area contributed by atoms with Gasteiger partial charge in [-0.25, -0.2) is 4.79 Å². The zero-order valence-electron chi connectivity index (χ0n) is 10.9. The molecule has 19 heavy (non-hydrogen) atoms. The summed E-state index contributed by atoms with van der Waals surface area (Å²) in [5, 5.41) is 15.0. The third-order valence-electron chi connectivity index (χ3n) is 3.82. The summed E-state index contributed by atoms with van der Waals surface area (Å²) in [5.74, 6) is -0.824. The molecular weight excluding hydrogens is 238 g/mol. The normalized spacial score (nSPS) is 18.2. The number of rotatable bonds is 4. The molecule has 2 N–H and O–H groups in total. The zero-order valence-corrected chi connectivity index (χ0v) is 10.9. The first-order chi connectivity index (χ1) is 9.09. The summed E-state index contributed by atoms with van der Waals surface area (Å²) in [5.41, 5.74) is -0.198. The highest BCUT2D eigenvalue weighted by molar-refractivity contribution is 5.87. The van der Waals surface area contributed by atoms with Crippen LogP contribution < -0.4 is 5.32 Å². The van der Waals surface area contributed by atoms with Crippen molar-refractivity contribution in [3.8, 4) is 0 Å². The molecule has 1 fully saturated rings. The van der Waals surface area contributed by atoms with Gasteiger partial charge in [-0.1, -0.05) is 36.4 Å². The Bertz CT molecular complexity index is 633. The molecule has 0 saturated heterocycles. The Morgan fingerprint density at radius 3 is 2.53 bits per heavy atom. The summed E-state index contributed by atoms with van der Waals surface area (Å²) in [7, 11) is 0. The Morgan fingerprint density at radius 2 is 1.89 bits per heavy atom. The second kappa shape index (κ2) is 4.35. The number of hydrogen-bond acceptors (Lipinski definition) is 2. The maximum absolute atomic E-state index is 11.7. The van der Waals surface area contributed by atoms with Crippen molar-refractivity contribution in [1.82, 2.24) is 5.32 Å². The monoisotopic (exact) mass is 255 g/mol. The van der Waals surface area contributed by atoms with Crippen molar-refractivity contribution in [3.63, 3.8) is 0 Å². The summed E-state index contributed by atoms with van der Waals surface area (Å²) < 4.78 is 0. The largest absolute Gasteiger partial charge is 0.480 e. The number of carboxylic acids is 1. The molecule has 3 rings (SSSR count). The lowest BCUT2D eigenvalue weighted by atomic mass is 9.90. The molecule has 1 aliphatic rings. The summed E-state index contributed by atoms with van der Waals surface area (Å²) in [6.45, 7) is 1.75. The molecule has 1 saturated carbocycles. The lowest BCUT2D eigenvalue weighted by Gasteiger charge is -2.27. The van der Waals surface area contributed by atoms with Crippen LogP contribution in [0.15, 0.2) is 42.5 Å². The van der Waals surface area contributed by atoms with E-state index in [-0.39, 0.29) is 0 Å². The van der Waals surface area contributed by atoms with Gasteiger partial charge in [-0.3, -0.25) is 5.32 Å². The van der Waals surface area contributed by atoms with Crippen molar-refractivity contribution in [3.05, 3.63) is 48.0 Å². The average Bonchev–Trinajstić information content (AvgIpc) is 3.21. The number of carboxylic acid groups (broad SMARTS) is 1. The van der Waals surface area contributed by atoms with Gasteiger partial charge in [0.2, 0.25) is 0 Å². The molecule has 0 heterocycles. The molecule has 0 amide bonds. The van der Waals surface area contributed by atoms with E-state index in [1.165, 1.54) is 0 Å². The molecule has 0 aliphatic heterocycles. The maximum Gasteiger partial charge on any atom is 0.328 e. The van der Waals surface area contributed by atoms with Crippen LogP contribution in [0.1, 0.15) is 25.3 Å². The molecule has 2 aromatic rings. The van der Waals surface area contributed by atoms with Crippen molar-refractivity contribution in [1.29, 1.82) is 0 Å². The first kappa shape index (κ1) is 12.2. The van der Waals surface area contributed by atoms with Crippen LogP contribution in [0, 0.1) is 0 Å². The van der Waals surface area contributed by atoms with E-state index in [1.807, 2.05) is 42.5 Å². The zero-order chi connectivity index (χ0) is 13.5. The van der Waals surface area contributed by atoms with Gasteiger partial charge in [-0.15, -0.1) is 0 Å². The first-order valence-corrected chi connectivity index (χ1v) is 6.60. The van der Waals surface area contributed by atoms with Crippen LogP contribution in [0.4, 0.5) is 0 Å². The maximum atomic E-state index is 11.7. The van der Waals surface area contributed by atoms with E-state index < -0.39 is 11.5 Å². The van der Waals surface area contributed by atoms with E-state index in [0.29, 0.717) is 6.04 Å². The minimum absolute atomic E-state index is 0.340. The number of fused-ring (bicyclic) bond motifs is 1. The van der Waals surface area contributed by atoms with Gasteiger partial charge in [0.25, 0.3) is 0 Å². The molecule has 1 atom stereocenters. The molecule has 98 valence electrons. The number of carbonyl (C=O) groups is 1. The summed E-state index contributed by atoms with van der Waals surface area (Å²) in [4.78, 5) is 11.7. The minimum Gasteiger partial charge on any atom is -0.480 e. The smallest absolute Gasteiger partial charge is 0.328 e. The number of nitrogens with one attached hydrogen (secondary N) is 1. The minimum atomic E-state index is -1.01. The van der Waals surface area contributed by atoms with Crippen LogP contribution in [-0.2, 0) is 10.3 Å². The molecule has 0 spiro atoms. The second-order valence-corrected chi connectivity index (χ2v) is 5.41. The number of hydrogen-bond donors (Lipinski definition) is 2. The molecule has 0 bridgehead atoms. The SMILES string of the molecule is CC(NC1CC1)(C(=O)O)c1ccc2ccccc2c1. The summed E-state index contributed by atoms with van der Waals surface area (Å²) >= 11 is 0. The second-order valence-electron chi connectivity index (χ2n) is 5.41. The van der Waals surface area contributed by atoms with Crippen molar-refractivity contribution in [2.75, 3.05) is 0 Å². The van der Waals surface area contributed by atoms with Crippen molar-refractivity contribution in [2.45, 2.75) is 31.3 Å². The van der Waals surface area contributed by atoms with Gasteiger partial charge in [0, 0.05) is 6.04 Å². The van der Waals surface area contributed by atoms with E-state index >= 15 is 0 Å². The van der Waals surface area contributed by atoms with E-state index in [4.69, 9.17) is 0 Å². The fourth-order valence-electron chi connectivity index (χ4n) is 2.40. The summed E-state index contributed by atoms with van der Waals surface area (Å²) in [6.07, 6.45) is 2.13. The Hall–Kier alpha value is -1.87. The topological polar surface area (TPSA) is 49.3 Å². The van der Waals surface area contributed by atoms with E-state index in [0.717, 1.165) is 29.2 Å². The molecule has 0 aromatic heterocycles. The standard InChI is InChI=1S/C16H17NO2/c1-16(15(18)19,17-14-8-9-14)13-7-6-11-4-2-3-5-12(11)10-13/h2-7,10,14,17H,8-9H2,1H3,(H,18,19). The van der Waals surface area contributed by atoms with Gasteiger partial charge in [0.05, 0.1) is 0 Å². The average molecular weight is 255 g/mol. The molecule has 0 radical (unpaired) electrons. The Kier molecular flexibility index (Phi) is 2.79. The lowest BCUT2D eigenvalue weighted by Crippen LogP contribution is -2.47. The van der Waals surface area contributed by atoms with Crippen LogP contribution >= 0.6 is 0 Å². The van der Waals surface area contributed by atoms with Crippen LogP contribution in [0.2, 0.25) is 0 Å². The van der Waals surface area contributed by atoms with E-state index in [1.54, 1.807) is 6.92 Å². The van der Waals surface area contributed by atoms with E-state index in [2.05, 4.69) is 5.32 Å². The predicted molar refractivity (Wildman–Crippen MR) is 75.1 cm³/mol. The highest BCUT2D eigenvalue weighted by Crippen LogP contribution is 2.30. The van der Waals surface area contributed by atoms with Crippen LogP contribution in [0.25, 0.3) is 10.8 Å². The molecule has 1 unspecified atom stereocenters. The Balaban J connectivity index is 2.06. The van der Waals surface area contributed by atoms with E-state index in [9.17, 15) is 9.90 Å².